The molecule has 0 aliphatic carbocycles. The first kappa shape index (κ1) is 30.9. The third-order valence-corrected chi connectivity index (χ3v) is 9.30. The fourth-order valence-corrected chi connectivity index (χ4v) is 7.20. The number of rotatable bonds is 16. The number of hydrogen-bond donors (Lipinski definition) is 0. The van der Waals surface area contributed by atoms with Crippen LogP contribution in [0.25, 0.3) is 0 Å². The Morgan fingerprint density at radius 1 is 0.415 bits per heavy atom. The van der Waals surface area contributed by atoms with E-state index in [1.807, 2.05) is 0 Å². The van der Waals surface area contributed by atoms with E-state index in [1.165, 1.54) is 87.0 Å². The third-order valence-electron chi connectivity index (χ3n) is 9.30. The maximum Gasteiger partial charge on any atom is 0.108 e. The van der Waals surface area contributed by atoms with Gasteiger partial charge < -0.3 is 0 Å². The van der Waals surface area contributed by atoms with Crippen molar-refractivity contribution in [1.82, 2.24) is 0 Å². The van der Waals surface area contributed by atoms with Crippen LogP contribution in [0.2, 0.25) is 0 Å². The molecule has 0 spiro atoms. The van der Waals surface area contributed by atoms with E-state index in [1.54, 1.807) is 27.7 Å². The Morgan fingerprint density at radius 2 is 0.780 bits per heavy atom. The Balaban J connectivity index is 2.20. The lowest BCUT2D eigenvalue weighted by Gasteiger charge is -2.47. The second-order valence-corrected chi connectivity index (χ2v) is 12.1. The van der Waals surface area contributed by atoms with Crippen LogP contribution in [0.5, 0.6) is 0 Å². The number of hydrogen-bond acceptors (Lipinski definition) is 0. The fourth-order valence-electron chi connectivity index (χ4n) is 7.20. The standard InChI is InChI=1S/C40H52B/c1-5-9-22-33-32-40(39(31-12-8-4)38(30-11-7-3)37(33)29-10-6-2)41(34-23-16-13-17-24-34,35-25-18-14-19-26-35)36-27-20-15-21-28-36/h13-21,23-28,32H,5-12,22,29-31H2,1-4H3/q-1. The predicted octanol–water partition coefficient (Wildman–Crippen LogP) is 8.43. The smallest absolute Gasteiger partial charge is 0.108 e. The Morgan fingerprint density at radius 3 is 1.20 bits per heavy atom. The van der Waals surface area contributed by atoms with Crippen LogP contribution in [0.3, 0.4) is 0 Å². The highest BCUT2D eigenvalue weighted by molar-refractivity contribution is 7.20. The molecule has 0 unspecified atom stereocenters. The van der Waals surface area contributed by atoms with Gasteiger partial charge in [-0.1, -0.05) is 156 Å². The quantitative estimate of drug-likeness (QED) is 0.124. The Bertz CT molecular complexity index is 1210. The first-order chi connectivity index (χ1) is 20.2. The topological polar surface area (TPSA) is 0 Å². The van der Waals surface area contributed by atoms with Crippen LogP contribution < -0.4 is 21.9 Å². The molecule has 41 heavy (non-hydrogen) atoms. The summed E-state index contributed by atoms with van der Waals surface area (Å²) in [5.41, 5.74) is 12.5. The SMILES string of the molecule is CCCCc1cc([B-](c2ccccc2)(c2ccccc2)c2ccccc2)c(CCCC)c(CCCC)c1CCCC. The zero-order valence-corrected chi connectivity index (χ0v) is 26.3. The van der Waals surface area contributed by atoms with E-state index in [-0.39, 0.29) is 0 Å². The van der Waals surface area contributed by atoms with Gasteiger partial charge in [0.25, 0.3) is 0 Å². The van der Waals surface area contributed by atoms with Crippen molar-refractivity contribution in [1.29, 1.82) is 0 Å². The zero-order valence-electron chi connectivity index (χ0n) is 26.3. The second kappa shape index (κ2) is 15.8. The van der Waals surface area contributed by atoms with Crippen LogP contribution >= 0.6 is 0 Å². The summed E-state index contributed by atoms with van der Waals surface area (Å²) in [5.74, 6) is 0. The van der Waals surface area contributed by atoms with Crippen molar-refractivity contribution in [3.05, 3.63) is 119 Å². The molecule has 0 aromatic heterocycles. The molecule has 4 aromatic rings. The lowest BCUT2D eigenvalue weighted by atomic mass is 9.12. The Hall–Kier alpha value is -3.06. The number of benzene rings is 4. The van der Waals surface area contributed by atoms with E-state index in [0.717, 1.165) is 6.42 Å². The maximum absolute atomic E-state index is 2.72. The van der Waals surface area contributed by atoms with Crippen molar-refractivity contribution in [3.8, 4) is 0 Å². The summed E-state index contributed by atoms with van der Waals surface area (Å²) < 4.78 is 0. The summed E-state index contributed by atoms with van der Waals surface area (Å²) in [4.78, 5) is 0. The number of aryl methyl sites for hydroxylation is 1. The third kappa shape index (κ3) is 6.89. The molecule has 0 atom stereocenters. The highest BCUT2D eigenvalue weighted by atomic mass is 14.2. The van der Waals surface area contributed by atoms with Crippen molar-refractivity contribution in [2.75, 3.05) is 0 Å². The van der Waals surface area contributed by atoms with Crippen LogP contribution in [-0.2, 0) is 25.7 Å². The van der Waals surface area contributed by atoms with Crippen LogP contribution in [0.15, 0.2) is 97.1 Å². The molecule has 4 rings (SSSR count). The van der Waals surface area contributed by atoms with Gasteiger partial charge in [0.1, 0.15) is 6.15 Å². The number of unbranched alkanes of at least 4 members (excludes halogenated alkanes) is 4. The lowest BCUT2D eigenvalue weighted by molar-refractivity contribution is 0.720. The average Bonchev–Trinajstić information content (AvgIpc) is 3.03. The fraction of sp³-hybridized carbons (Fsp3) is 0.400. The molecule has 0 amide bonds. The normalized spacial score (nSPS) is 11.6. The summed E-state index contributed by atoms with van der Waals surface area (Å²) in [6.07, 6.45) is 13.3. The van der Waals surface area contributed by atoms with Gasteiger partial charge in [0.05, 0.1) is 0 Å². The molecule has 4 aromatic carbocycles. The van der Waals surface area contributed by atoms with Crippen molar-refractivity contribution in [2.45, 2.75) is 105 Å². The van der Waals surface area contributed by atoms with Gasteiger partial charge in [-0.05, 0) is 68.1 Å². The van der Waals surface area contributed by atoms with E-state index in [4.69, 9.17) is 0 Å². The molecule has 0 radical (unpaired) electrons. The summed E-state index contributed by atoms with van der Waals surface area (Å²) >= 11 is 0. The monoisotopic (exact) mass is 543 g/mol. The first-order valence-corrected chi connectivity index (χ1v) is 16.7. The first-order valence-electron chi connectivity index (χ1n) is 16.7. The van der Waals surface area contributed by atoms with Gasteiger partial charge in [0.2, 0.25) is 0 Å². The van der Waals surface area contributed by atoms with Crippen molar-refractivity contribution < 1.29 is 0 Å². The molecule has 0 nitrogen and oxygen atoms in total. The van der Waals surface area contributed by atoms with Gasteiger partial charge in [-0.3, -0.25) is 0 Å². The van der Waals surface area contributed by atoms with Gasteiger partial charge in [-0.15, -0.1) is 0 Å². The van der Waals surface area contributed by atoms with E-state index >= 15 is 0 Å². The van der Waals surface area contributed by atoms with Gasteiger partial charge in [-0.2, -0.15) is 21.9 Å². The van der Waals surface area contributed by atoms with Crippen LogP contribution in [-0.4, -0.2) is 6.15 Å². The van der Waals surface area contributed by atoms with Crippen molar-refractivity contribution >= 4 is 28.0 Å². The highest BCUT2D eigenvalue weighted by Gasteiger charge is 2.34. The van der Waals surface area contributed by atoms with Crippen LogP contribution in [0.1, 0.15) is 101 Å². The molecule has 0 heterocycles. The van der Waals surface area contributed by atoms with Crippen LogP contribution in [0, 0.1) is 0 Å². The molecule has 0 aliphatic heterocycles. The minimum atomic E-state index is -1.37. The highest BCUT2D eigenvalue weighted by Crippen LogP contribution is 2.28. The minimum Gasteiger partial charge on any atom is -0.195 e. The van der Waals surface area contributed by atoms with E-state index in [0.29, 0.717) is 0 Å². The molecule has 0 aliphatic rings. The van der Waals surface area contributed by atoms with E-state index in [2.05, 4.69) is 125 Å². The molecule has 1 heteroatoms. The van der Waals surface area contributed by atoms with Crippen molar-refractivity contribution in [2.24, 2.45) is 0 Å². The predicted molar refractivity (Wildman–Crippen MR) is 185 cm³/mol. The summed E-state index contributed by atoms with van der Waals surface area (Å²) in [6, 6.07) is 37.1. The molecule has 0 fully saturated rings. The van der Waals surface area contributed by atoms with Crippen molar-refractivity contribution in [3.63, 3.8) is 0 Å². The molecule has 0 bridgehead atoms. The summed E-state index contributed by atoms with van der Waals surface area (Å²) in [7, 11) is 0. The largest absolute Gasteiger partial charge is 0.195 e. The van der Waals surface area contributed by atoms with Gasteiger partial charge in [0, 0.05) is 0 Å². The molecular weight excluding hydrogens is 491 g/mol. The second-order valence-electron chi connectivity index (χ2n) is 12.1. The Labute approximate surface area is 251 Å². The molecule has 0 saturated heterocycles. The molecule has 216 valence electrons. The van der Waals surface area contributed by atoms with Gasteiger partial charge >= 0.3 is 0 Å². The minimum absolute atomic E-state index is 1.16. The maximum atomic E-state index is 2.72. The van der Waals surface area contributed by atoms with Gasteiger partial charge in [0.15, 0.2) is 0 Å². The summed E-state index contributed by atoms with van der Waals surface area (Å²) in [6.45, 7) is 9.39. The molecule has 0 N–H and O–H groups in total. The average molecular weight is 544 g/mol. The van der Waals surface area contributed by atoms with E-state index in [9.17, 15) is 0 Å². The Kier molecular flexibility index (Phi) is 11.9. The van der Waals surface area contributed by atoms with Gasteiger partial charge in [-0.25, -0.2) is 0 Å². The van der Waals surface area contributed by atoms with Crippen LogP contribution in [0.4, 0.5) is 0 Å². The lowest BCUT2D eigenvalue weighted by Crippen LogP contribution is -2.75. The summed E-state index contributed by atoms with van der Waals surface area (Å²) in [5, 5.41) is 0. The molecule has 0 saturated carbocycles. The molecular formula is C40H52B-. The zero-order chi connectivity index (χ0) is 28.9. The van der Waals surface area contributed by atoms with E-state index < -0.39 is 6.15 Å².